The topological polar surface area (TPSA) is 213 Å². The van der Waals surface area contributed by atoms with Crippen LogP contribution in [-0.2, 0) is 24.5 Å². The van der Waals surface area contributed by atoms with E-state index in [0.717, 1.165) is 16.0 Å². The monoisotopic (exact) mass is 979 g/mol. The lowest BCUT2D eigenvalue weighted by atomic mass is 9.64. The number of aromatic nitrogens is 2. The lowest BCUT2D eigenvalue weighted by Gasteiger charge is -2.46. The van der Waals surface area contributed by atoms with Crippen LogP contribution in [0.15, 0.2) is 152 Å². The average molecular weight is 980 g/mol. The Hall–Kier alpha value is -8.59. The van der Waals surface area contributed by atoms with Crippen LogP contribution in [0.1, 0.15) is 64.5 Å². The molecule has 1 aromatic heterocycles. The molecule has 73 heavy (non-hydrogen) atoms. The van der Waals surface area contributed by atoms with Crippen molar-refractivity contribution >= 4 is 41.5 Å². The summed E-state index contributed by atoms with van der Waals surface area (Å²) < 4.78 is 12.7. The minimum Gasteiger partial charge on any atom is -0.491 e. The number of cyclic esters (lactones) is 1. The fraction of sp³-hybridized carbons (Fsp3) is 0.268. The summed E-state index contributed by atoms with van der Waals surface area (Å²) in [6, 6.07) is 36.5. The number of piperazine rings is 1. The Bertz CT molecular complexity index is 3080. The zero-order valence-corrected chi connectivity index (χ0v) is 39.9. The van der Waals surface area contributed by atoms with Gasteiger partial charge in [0.1, 0.15) is 29.9 Å². The maximum absolute atomic E-state index is 16.8. The Balaban J connectivity index is 1.24. The van der Waals surface area contributed by atoms with Crippen molar-refractivity contribution in [2.45, 2.75) is 42.6 Å². The number of carbonyl (C=O) groups is 5. The summed E-state index contributed by atoms with van der Waals surface area (Å²) in [5, 5.41) is 15.4. The molecule has 17 nitrogen and oxygen atoms in total. The van der Waals surface area contributed by atoms with E-state index in [-0.39, 0.29) is 44.1 Å². The third-order valence-electron chi connectivity index (χ3n) is 14.1. The maximum Gasteiger partial charge on any atom is 0.329 e. The Kier molecular flexibility index (Phi) is 13.6. The summed E-state index contributed by atoms with van der Waals surface area (Å²) in [5.41, 5.74) is 6.86. The molecule has 4 aliphatic rings. The fourth-order valence-electron chi connectivity index (χ4n) is 11.0. The third-order valence-corrected chi connectivity index (χ3v) is 14.1. The summed E-state index contributed by atoms with van der Waals surface area (Å²) in [5.74, 6) is 3.38. The predicted molar refractivity (Wildman–Crippen MR) is 270 cm³/mol. The number of nitrogens with zero attached hydrogens (tertiary/aromatic N) is 6. The molecule has 6 aromatic rings. The van der Waals surface area contributed by atoms with Gasteiger partial charge >= 0.3 is 18.0 Å². The van der Waals surface area contributed by atoms with Crippen LogP contribution in [0, 0.1) is 17.8 Å². The smallest absolute Gasteiger partial charge is 0.329 e. The molecule has 1 spiro atoms. The number of fused-ring (bicyclic) bond motifs is 3. The van der Waals surface area contributed by atoms with Crippen molar-refractivity contribution in [2.24, 2.45) is 11.7 Å². The molecule has 0 saturated carbocycles. The molecule has 3 fully saturated rings. The second-order valence-corrected chi connectivity index (χ2v) is 18.2. The van der Waals surface area contributed by atoms with Gasteiger partial charge < -0.3 is 40.7 Å². The molecule has 0 radical (unpaired) electrons. The average Bonchev–Trinajstić information content (AvgIpc) is 3.91. The molecule has 6 amide bonds. The zero-order valence-electron chi connectivity index (χ0n) is 39.9. The highest BCUT2D eigenvalue weighted by atomic mass is 16.6. The first-order valence-corrected chi connectivity index (χ1v) is 24.2. The van der Waals surface area contributed by atoms with Crippen LogP contribution in [0.2, 0.25) is 0 Å². The lowest BCUT2D eigenvalue weighted by Crippen LogP contribution is -2.59. The van der Waals surface area contributed by atoms with Gasteiger partial charge in [-0.2, -0.15) is 0 Å². The first-order valence-electron chi connectivity index (χ1n) is 24.2. The number of carbonyl (C=O) groups excluding carboxylic acids is 5. The highest BCUT2D eigenvalue weighted by Gasteiger charge is 2.76. The fourth-order valence-corrected chi connectivity index (χ4v) is 11.0. The minimum atomic E-state index is -2.07. The van der Waals surface area contributed by atoms with Crippen molar-refractivity contribution in [1.82, 2.24) is 30.4 Å². The number of aliphatic hydroxyl groups excluding tert-OH is 1. The Morgan fingerprint density at radius 1 is 0.822 bits per heavy atom. The number of ether oxygens (including phenoxy) is 2. The summed E-state index contributed by atoms with van der Waals surface area (Å²) in [4.78, 5) is 91.3. The normalized spacial score (nSPS) is 22.6. The van der Waals surface area contributed by atoms with Gasteiger partial charge in [0.15, 0.2) is 0 Å². The van der Waals surface area contributed by atoms with Crippen molar-refractivity contribution in [1.29, 1.82) is 0 Å². The first kappa shape index (κ1) is 48.1. The van der Waals surface area contributed by atoms with Gasteiger partial charge in [-0.05, 0) is 71.1 Å². The molecule has 5 N–H and O–H groups in total. The van der Waals surface area contributed by atoms with Gasteiger partial charge in [0, 0.05) is 44.1 Å². The minimum absolute atomic E-state index is 0.0380. The predicted octanol–water partition coefficient (Wildman–Crippen LogP) is 5.35. The van der Waals surface area contributed by atoms with E-state index < -0.39 is 71.5 Å². The van der Waals surface area contributed by atoms with Crippen LogP contribution in [0.4, 0.5) is 21.2 Å². The molecular weight excluding hydrogens is 927 g/mol. The van der Waals surface area contributed by atoms with Crippen LogP contribution >= 0.6 is 0 Å². The second kappa shape index (κ2) is 20.6. The van der Waals surface area contributed by atoms with E-state index in [4.69, 9.17) is 15.2 Å². The molecular formula is C56H53N9O8. The largest absolute Gasteiger partial charge is 0.491 e. The number of urea groups is 2. The number of benzene rings is 5. The van der Waals surface area contributed by atoms with Gasteiger partial charge in [0.25, 0.3) is 0 Å². The van der Waals surface area contributed by atoms with Gasteiger partial charge in [0.2, 0.25) is 17.8 Å². The van der Waals surface area contributed by atoms with E-state index >= 15 is 19.2 Å². The summed E-state index contributed by atoms with van der Waals surface area (Å²) >= 11 is 0. The number of primary amides is 1. The molecule has 17 heteroatoms. The molecule has 370 valence electrons. The Morgan fingerprint density at radius 2 is 1.49 bits per heavy atom. The van der Waals surface area contributed by atoms with Crippen LogP contribution in [-0.4, -0.2) is 107 Å². The molecule has 5 heterocycles. The van der Waals surface area contributed by atoms with E-state index in [1.807, 2.05) is 114 Å². The number of hydrogen-bond acceptors (Lipinski definition) is 12. The van der Waals surface area contributed by atoms with Crippen molar-refractivity contribution in [3.8, 4) is 17.6 Å². The zero-order chi connectivity index (χ0) is 50.6. The van der Waals surface area contributed by atoms with E-state index in [0.29, 0.717) is 41.5 Å². The first-order chi connectivity index (χ1) is 35.6. The molecule has 0 aliphatic carbocycles. The van der Waals surface area contributed by atoms with Crippen LogP contribution < -0.4 is 30.9 Å². The number of nitrogens with two attached hydrogens (primary N) is 1. The highest BCUT2D eigenvalue weighted by molar-refractivity contribution is 6.24. The summed E-state index contributed by atoms with van der Waals surface area (Å²) in [6.07, 6.45) is 2.36. The van der Waals surface area contributed by atoms with Crippen molar-refractivity contribution < 1.29 is 38.6 Å². The Morgan fingerprint density at radius 3 is 2.18 bits per heavy atom. The van der Waals surface area contributed by atoms with Gasteiger partial charge in [-0.3, -0.25) is 19.3 Å². The van der Waals surface area contributed by atoms with Gasteiger partial charge in [-0.15, -0.1) is 0 Å². The van der Waals surface area contributed by atoms with Crippen LogP contribution in [0.3, 0.4) is 0 Å². The second-order valence-electron chi connectivity index (χ2n) is 18.2. The lowest BCUT2D eigenvalue weighted by molar-refractivity contribution is -0.179. The van der Waals surface area contributed by atoms with E-state index in [9.17, 15) is 9.90 Å². The number of anilines is 2. The van der Waals surface area contributed by atoms with E-state index in [2.05, 4.69) is 32.4 Å². The van der Waals surface area contributed by atoms with Gasteiger partial charge in [-0.1, -0.05) is 115 Å². The number of aliphatic hydroxyl groups is 1. The number of morpholine rings is 1. The number of nitrogens with one attached hydrogen (secondary N) is 2. The number of amides is 6. The van der Waals surface area contributed by atoms with Crippen LogP contribution in [0.25, 0.3) is 0 Å². The molecule has 0 bridgehead atoms. The molecule has 4 aliphatic heterocycles. The number of hydrogen-bond donors (Lipinski definition) is 4. The molecule has 7 atom stereocenters. The standard InChI is InChI=1S/C56H53N9O8/c1-36(38-15-5-2-6-16-38)61-55(71)64-44-24-23-37(14-12-25-58-53(57)70)34-43(44)56(52(64)69)45(50(67)62-28-30-63(31-29-62)54-59-26-13-27-60-54)47-51(68)73-48(40-19-9-4-10-20-40)46(39-17-7-3-8-18-39)65(47)49(56)41-21-11-22-42(35-41)72-33-32-66/h2-11,13,15-24,26-27,34-36,45-49,66H,25,28-33H2,1H3,(H,61,71)(H3,57,58,70). The van der Waals surface area contributed by atoms with Gasteiger partial charge in [-0.25, -0.2) is 24.5 Å². The number of rotatable bonds is 11. The maximum atomic E-state index is 16.8. The summed E-state index contributed by atoms with van der Waals surface area (Å²) in [7, 11) is 0. The van der Waals surface area contributed by atoms with Gasteiger partial charge in [0.05, 0.1) is 42.9 Å². The Labute approximate surface area is 421 Å². The molecule has 5 aromatic carbocycles. The molecule has 7 unspecified atom stereocenters. The quantitative estimate of drug-likeness (QED) is 0.0956. The van der Waals surface area contributed by atoms with E-state index in [1.54, 1.807) is 59.8 Å². The van der Waals surface area contributed by atoms with Crippen LogP contribution in [0.5, 0.6) is 5.75 Å². The summed E-state index contributed by atoms with van der Waals surface area (Å²) in [6.45, 7) is 2.48. The van der Waals surface area contributed by atoms with Crippen molar-refractivity contribution in [2.75, 3.05) is 55.7 Å². The SMILES string of the molecule is CC(NC(=O)N1C(=O)C2(c3cc(C#CCNC(N)=O)ccc31)C(C(=O)N1CCN(c3ncccn3)CC1)C1C(=O)OC(c3ccccc3)C(c3ccccc3)N1C2c1cccc(OCCO)c1)c1ccccc1. The van der Waals surface area contributed by atoms with E-state index in [1.165, 1.54) is 0 Å². The highest BCUT2D eigenvalue weighted by Crippen LogP contribution is 2.66. The number of esters is 1. The number of imide groups is 1. The van der Waals surface area contributed by atoms with Crippen molar-refractivity contribution in [3.63, 3.8) is 0 Å². The molecule has 10 rings (SSSR count). The van der Waals surface area contributed by atoms with Crippen molar-refractivity contribution in [3.05, 3.63) is 185 Å². The third kappa shape index (κ3) is 8.96. The molecule has 3 saturated heterocycles.